The van der Waals surface area contributed by atoms with Gasteiger partial charge in [-0.2, -0.15) is 0 Å². The first-order chi connectivity index (χ1) is 9.28. The van der Waals surface area contributed by atoms with Crippen LogP contribution in [0.15, 0.2) is 12.1 Å². The Hall–Kier alpha value is -1.46. The van der Waals surface area contributed by atoms with E-state index >= 15 is 0 Å². The molecule has 1 aliphatic carbocycles. The Bertz CT molecular complexity index is 393. The van der Waals surface area contributed by atoms with Crippen LogP contribution in [-0.2, 0) is 11.3 Å². The van der Waals surface area contributed by atoms with E-state index in [1.165, 1.54) is 12.8 Å². The maximum atomic E-state index is 5.50. The van der Waals surface area contributed by atoms with Crippen LogP contribution in [0.2, 0.25) is 0 Å². The molecule has 1 saturated carbocycles. The molecule has 106 valence electrons. The summed E-state index contributed by atoms with van der Waals surface area (Å²) in [7, 11) is 4.81. The smallest absolute Gasteiger partial charge is 0.206 e. The quantitative estimate of drug-likeness (QED) is 0.729. The van der Waals surface area contributed by atoms with Crippen molar-refractivity contribution in [2.45, 2.75) is 25.4 Å². The fourth-order valence-corrected chi connectivity index (χ4v) is 1.85. The van der Waals surface area contributed by atoms with Gasteiger partial charge in [0, 0.05) is 19.7 Å². The van der Waals surface area contributed by atoms with Crippen molar-refractivity contribution in [1.82, 2.24) is 5.32 Å². The van der Waals surface area contributed by atoms with Crippen molar-refractivity contribution in [1.29, 1.82) is 0 Å². The van der Waals surface area contributed by atoms with Gasteiger partial charge in [0.05, 0.1) is 14.2 Å². The van der Waals surface area contributed by atoms with Crippen LogP contribution < -0.4 is 19.5 Å². The Labute approximate surface area is 113 Å². The number of methoxy groups -OCH3 is 3. The summed E-state index contributed by atoms with van der Waals surface area (Å²) in [6.07, 6.45) is 2.53. The van der Waals surface area contributed by atoms with Crippen molar-refractivity contribution in [2.24, 2.45) is 0 Å². The van der Waals surface area contributed by atoms with Gasteiger partial charge >= 0.3 is 0 Å². The van der Waals surface area contributed by atoms with Gasteiger partial charge in [-0.05, 0) is 30.5 Å². The Morgan fingerprint density at radius 1 is 1.11 bits per heavy atom. The van der Waals surface area contributed by atoms with Crippen LogP contribution in [0.4, 0.5) is 0 Å². The van der Waals surface area contributed by atoms with Gasteiger partial charge in [0.1, 0.15) is 0 Å². The zero-order chi connectivity index (χ0) is 13.7. The number of nitrogens with one attached hydrogen (secondary N) is 1. The molecule has 2 rings (SSSR count). The average molecular weight is 267 g/mol. The van der Waals surface area contributed by atoms with E-state index in [2.05, 4.69) is 5.32 Å². The predicted molar refractivity (Wildman–Crippen MR) is 71.9 cm³/mol. The molecule has 1 aromatic carbocycles. The summed E-state index contributed by atoms with van der Waals surface area (Å²) in [5.74, 6) is 1.88. The first kappa shape index (κ1) is 14.0. The predicted octanol–water partition coefficient (Wildman–Crippen LogP) is 1.94. The van der Waals surface area contributed by atoms with Gasteiger partial charge in [-0.3, -0.25) is 0 Å². The molecule has 5 nitrogen and oxygen atoms in total. The molecule has 0 atom stereocenters. The number of benzene rings is 1. The number of ether oxygens (including phenoxy) is 4. The first-order valence-corrected chi connectivity index (χ1v) is 6.38. The second-order valence-electron chi connectivity index (χ2n) is 4.54. The monoisotopic (exact) mass is 267 g/mol. The standard InChI is InChI=1S/C14H21NO4/c1-16-9-19-14-12(17-2)6-10(7-13(14)18-3)8-15-11-4-5-11/h6-7,11,15H,4-5,8-9H2,1-3H3. The van der Waals surface area contributed by atoms with Crippen molar-refractivity contribution >= 4 is 0 Å². The second-order valence-corrected chi connectivity index (χ2v) is 4.54. The first-order valence-electron chi connectivity index (χ1n) is 6.38. The third kappa shape index (κ3) is 3.75. The summed E-state index contributed by atoms with van der Waals surface area (Å²) in [6, 6.07) is 4.59. The summed E-state index contributed by atoms with van der Waals surface area (Å²) in [5, 5.41) is 3.46. The van der Waals surface area contributed by atoms with Crippen molar-refractivity contribution in [3.63, 3.8) is 0 Å². The van der Waals surface area contributed by atoms with Gasteiger partial charge in [-0.1, -0.05) is 0 Å². The molecule has 0 aliphatic heterocycles. The van der Waals surface area contributed by atoms with Crippen LogP contribution in [-0.4, -0.2) is 34.2 Å². The highest BCUT2D eigenvalue weighted by Crippen LogP contribution is 2.38. The molecule has 0 heterocycles. The van der Waals surface area contributed by atoms with E-state index in [9.17, 15) is 0 Å². The molecule has 0 unspecified atom stereocenters. The van der Waals surface area contributed by atoms with Crippen LogP contribution in [0, 0.1) is 0 Å². The topological polar surface area (TPSA) is 49.0 Å². The van der Waals surface area contributed by atoms with E-state index in [0.717, 1.165) is 12.1 Å². The second kappa shape index (κ2) is 6.63. The summed E-state index contributed by atoms with van der Waals surface area (Å²) >= 11 is 0. The van der Waals surface area contributed by atoms with Crippen LogP contribution in [0.5, 0.6) is 17.2 Å². The fraction of sp³-hybridized carbons (Fsp3) is 0.571. The van der Waals surface area contributed by atoms with Crippen molar-refractivity contribution in [3.05, 3.63) is 17.7 Å². The van der Waals surface area contributed by atoms with E-state index in [-0.39, 0.29) is 6.79 Å². The van der Waals surface area contributed by atoms with Gasteiger partial charge in [-0.25, -0.2) is 0 Å². The summed E-state index contributed by atoms with van der Waals surface area (Å²) in [5.41, 5.74) is 1.12. The maximum Gasteiger partial charge on any atom is 0.206 e. The highest BCUT2D eigenvalue weighted by atomic mass is 16.7. The van der Waals surface area contributed by atoms with Crippen LogP contribution in [0.1, 0.15) is 18.4 Å². The Morgan fingerprint density at radius 3 is 2.21 bits per heavy atom. The molecule has 0 spiro atoms. The third-order valence-electron chi connectivity index (χ3n) is 3.01. The third-order valence-corrected chi connectivity index (χ3v) is 3.01. The van der Waals surface area contributed by atoms with Crippen molar-refractivity contribution < 1.29 is 18.9 Å². The molecule has 19 heavy (non-hydrogen) atoms. The lowest BCUT2D eigenvalue weighted by Gasteiger charge is -2.15. The van der Waals surface area contributed by atoms with Crippen molar-refractivity contribution in [2.75, 3.05) is 28.1 Å². The molecular formula is C14H21NO4. The minimum absolute atomic E-state index is 0.159. The highest BCUT2D eigenvalue weighted by molar-refractivity contribution is 5.53. The van der Waals surface area contributed by atoms with Crippen LogP contribution >= 0.6 is 0 Å². The molecule has 0 amide bonds. The zero-order valence-corrected chi connectivity index (χ0v) is 11.7. The molecule has 0 aromatic heterocycles. The van der Waals surface area contributed by atoms with Gasteiger partial charge in [-0.15, -0.1) is 0 Å². The van der Waals surface area contributed by atoms with E-state index in [1.807, 2.05) is 12.1 Å². The Balaban J connectivity index is 2.16. The summed E-state index contributed by atoms with van der Waals surface area (Å²) in [6.45, 7) is 0.967. The lowest BCUT2D eigenvalue weighted by atomic mass is 10.1. The molecule has 0 bridgehead atoms. The minimum atomic E-state index is 0.159. The van der Waals surface area contributed by atoms with Crippen LogP contribution in [0.3, 0.4) is 0 Å². The molecule has 0 radical (unpaired) electrons. The minimum Gasteiger partial charge on any atom is -0.493 e. The summed E-state index contributed by atoms with van der Waals surface area (Å²) < 4.78 is 21.1. The van der Waals surface area contributed by atoms with Crippen LogP contribution in [0.25, 0.3) is 0 Å². The Morgan fingerprint density at radius 2 is 1.74 bits per heavy atom. The molecule has 1 N–H and O–H groups in total. The molecule has 5 heteroatoms. The van der Waals surface area contributed by atoms with Crippen molar-refractivity contribution in [3.8, 4) is 17.2 Å². The maximum absolute atomic E-state index is 5.50. The number of hydrogen-bond donors (Lipinski definition) is 1. The van der Waals surface area contributed by atoms with Gasteiger partial charge in [0.15, 0.2) is 18.3 Å². The number of rotatable bonds is 8. The molecule has 0 saturated heterocycles. The fourth-order valence-electron chi connectivity index (χ4n) is 1.85. The van der Waals surface area contributed by atoms with E-state index in [0.29, 0.717) is 23.3 Å². The lowest BCUT2D eigenvalue weighted by Crippen LogP contribution is -2.15. The lowest BCUT2D eigenvalue weighted by molar-refractivity contribution is 0.0471. The molecular weight excluding hydrogens is 246 g/mol. The van der Waals surface area contributed by atoms with Gasteiger partial charge in [0.2, 0.25) is 5.75 Å². The average Bonchev–Trinajstić information content (AvgIpc) is 3.26. The van der Waals surface area contributed by atoms with Gasteiger partial charge in [0.25, 0.3) is 0 Å². The summed E-state index contributed by atoms with van der Waals surface area (Å²) in [4.78, 5) is 0. The van der Waals surface area contributed by atoms with E-state index < -0.39 is 0 Å². The largest absolute Gasteiger partial charge is 0.493 e. The Kier molecular flexibility index (Phi) is 4.87. The molecule has 1 aromatic rings. The zero-order valence-electron chi connectivity index (χ0n) is 11.7. The molecule has 1 aliphatic rings. The normalized spacial score (nSPS) is 14.3. The SMILES string of the molecule is COCOc1c(OC)cc(CNC2CC2)cc1OC. The highest BCUT2D eigenvalue weighted by Gasteiger charge is 2.21. The number of hydrogen-bond acceptors (Lipinski definition) is 5. The van der Waals surface area contributed by atoms with Gasteiger partial charge < -0.3 is 24.3 Å². The molecule has 1 fully saturated rings. The van der Waals surface area contributed by atoms with E-state index in [1.54, 1.807) is 21.3 Å². The van der Waals surface area contributed by atoms with E-state index in [4.69, 9.17) is 18.9 Å².